The Balaban J connectivity index is 1.68. The zero-order valence-corrected chi connectivity index (χ0v) is 15.1. The highest BCUT2D eigenvalue weighted by atomic mass is 16.5. The van der Waals surface area contributed by atoms with Gasteiger partial charge in [0.1, 0.15) is 11.5 Å². The van der Waals surface area contributed by atoms with Crippen LogP contribution in [0.4, 0.5) is 0 Å². The van der Waals surface area contributed by atoms with E-state index in [-0.39, 0.29) is 12.5 Å². The average molecular weight is 341 g/mol. The molecule has 134 valence electrons. The third-order valence-electron chi connectivity index (χ3n) is 3.74. The topological polar surface area (TPSA) is 47.6 Å². The Labute approximate surface area is 150 Å². The van der Waals surface area contributed by atoms with Crippen molar-refractivity contribution in [2.24, 2.45) is 0 Å². The van der Waals surface area contributed by atoms with Crippen molar-refractivity contribution in [2.45, 2.75) is 33.1 Å². The minimum atomic E-state index is -0.1000. The van der Waals surface area contributed by atoms with E-state index in [1.165, 1.54) is 5.56 Å². The SMILES string of the molecule is CCCOc1ccccc1CCCNC(=O)COc1cccc(C)c1. The molecule has 0 unspecified atom stereocenters. The van der Waals surface area contributed by atoms with Crippen LogP contribution in [0.25, 0.3) is 0 Å². The zero-order valence-electron chi connectivity index (χ0n) is 15.1. The highest BCUT2D eigenvalue weighted by Gasteiger charge is 2.05. The molecule has 0 heterocycles. The largest absolute Gasteiger partial charge is 0.493 e. The van der Waals surface area contributed by atoms with E-state index in [2.05, 4.69) is 18.3 Å². The molecule has 0 spiro atoms. The smallest absolute Gasteiger partial charge is 0.257 e. The van der Waals surface area contributed by atoms with E-state index in [0.29, 0.717) is 6.54 Å². The van der Waals surface area contributed by atoms with Gasteiger partial charge in [-0.3, -0.25) is 4.79 Å². The van der Waals surface area contributed by atoms with E-state index in [1.54, 1.807) is 0 Å². The zero-order chi connectivity index (χ0) is 17.9. The quantitative estimate of drug-likeness (QED) is 0.667. The van der Waals surface area contributed by atoms with Crippen molar-refractivity contribution in [3.8, 4) is 11.5 Å². The minimum Gasteiger partial charge on any atom is -0.493 e. The Morgan fingerprint density at radius 2 is 1.92 bits per heavy atom. The first-order valence-electron chi connectivity index (χ1n) is 8.86. The molecule has 25 heavy (non-hydrogen) atoms. The van der Waals surface area contributed by atoms with Gasteiger partial charge in [-0.2, -0.15) is 0 Å². The predicted molar refractivity (Wildman–Crippen MR) is 100 cm³/mol. The van der Waals surface area contributed by atoms with Gasteiger partial charge in [0.05, 0.1) is 6.61 Å². The maximum absolute atomic E-state index is 11.9. The van der Waals surface area contributed by atoms with Crippen LogP contribution in [0.1, 0.15) is 30.9 Å². The lowest BCUT2D eigenvalue weighted by atomic mass is 10.1. The number of nitrogens with one attached hydrogen (secondary N) is 1. The number of benzene rings is 2. The molecule has 1 amide bonds. The van der Waals surface area contributed by atoms with Crippen molar-refractivity contribution in [3.63, 3.8) is 0 Å². The van der Waals surface area contributed by atoms with Crippen LogP contribution in [-0.4, -0.2) is 25.7 Å². The molecule has 4 heteroatoms. The Hall–Kier alpha value is -2.49. The Bertz CT molecular complexity index is 670. The van der Waals surface area contributed by atoms with E-state index >= 15 is 0 Å². The first-order valence-corrected chi connectivity index (χ1v) is 8.86. The summed E-state index contributed by atoms with van der Waals surface area (Å²) in [6, 6.07) is 15.8. The fourth-order valence-corrected chi connectivity index (χ4v) is 2.47. The molecule has 0 fully saturated rings. The molecule has 1 N–H and O–H groups in total. The van der Waals surface area contributed by atoms with Crippen molar-refractivity contribution in [1.29, 1.82) is 0 Å². The molecular formula is C21H27NO3. The van der Waals surface area contributed by atoms with Crippen LogP contribution >= 0.6 is 0 Å². The molecule has 0 saturated heterocycles. The van der Waals surface area contributed by atoms with Gasteiger partial charge in [-0.25, -0.2) is 0 Å². The number of rotatable bonds is 10. The molecule has 0 bridgehead atoms. The van der Waals surface area contributed by atoms with Crippen molar-refractivity contribution in [3.05, 3.63) is 59.7 Å². The minimum absolute atomic E-state index is 0.0413. The summed E-state index contributed by atoms with van der Waals surface area (Å²) in [6.07, 6.45) is 2.73. The molecule has 2 aromatic rings. The van der Waals surface area contributed by atoms with Gasteiger partial charge in [0.25, 0.3) is 5.91 Å². The lowest BCUT2D eigenvalue weighted by molar-refractivity contribution is -0.123. The van der Waals surface area contributed by atoms with Crippen LogP contribution in [0.15, 0.2) is 48.5 Å². The van der Waals surface area contributed by atoms with Gasteiger partial charge in [0.15, 0.2) is 6.61 Å². The van der Waals surface area contributed by atoms with Crippen LogP contribution < -0.4 is 14.8 Å². The number of amides is 1. The number of hydrogen-bond donors (Lipinski definition) is 1. The fraction of sp³-hybridized carbons (Fsp3) is 0.381. The van der Waals surface area contributed by atoms with E-state index in [9.17, 15) is 4.79 Å². The van der Waals surface area contributed by atoms with Gasteiger partial charge in [-0.1, -0.05) is 37.3 Å². The second-order valence-electron chi connectivity index (χ2n) is 6.01. The lowest BCUT2D eigenvalue weighted by Gasteiger charge is -2.11. The molecule has 2 aromatic carbocycles. The molecular weight excluding hydrogens is 314 g/mol. The van der Waals surface area contributed by atoms with Gasteiger partial charge in [0.2, 0.25) is 0 Å². The van der Waals surface area contributed by atoms with Gasteiger partial charge in [-0.05, 0) is 55.5 Å². The highest BCUT2D eigenvalue weighted by molar-refractivity contribution is 5.77. The molecule has 0 atom stereocenters. The van der Waals surface area contributed by atoms with E-state index < -0.39 is 0 Å². The number of hydrogen-bond acceptors (Lipinski definition) is 3. The van der Waals surface area contributed by atoms with Crippen molar-refractivity contribution in [1.82, 2.24) is 5.32 Å². The first-order chi connectivity index (χ1) is 12.2. The lowest BCUT2D eigenvalue weighted by Crippen LogP contribution is -2.29. The number of para-hydroxylation sites is 1. The Kier molecular flexibility index (Phi) is 7.83. The monoisotopic (exact) mass is 341 g/mol. The normalized spacial score (nSPS) is 10.3. The summed E-state index contributed by atoms with van der Waals surface area (Å²) in [4.78, 5) is 11.9. The number of carbonyl (C=O) groups excluding carboxylic acids is 1. The second kappa shape index (κ2) is 10.4. The maximum atomic E-state index is 11.9. The predicted octanol–water partition coefficient (Wildman–Crippen LogP) is 3.91. The maximum Gasteiger partial charge on any atom is 0.257 e. The molecule has 0 aromatic heterocycles. The van der Waals surface area contributed by atoms with E-state index in [4.69, 9.17) is 9.47 Å². The third kappa shape index (κ3) is 6.87. The van der Waals surface area contributed by atoms with Crippen LogP contribution in [0.5, 0.6) is 11.5 Å². The van der Waals surface area contributed by atoms with Crippen LogP contribution in [0.2, 0.25) is 0 Å². The molecule has 0 aliphatic carbocycles. The van der Waals surface area contributed by atoms with Crippen molar-refractivity contribution >= 4 is 5.91 Å². The summed E-state index contributed by atoms with van der Waals surface area (Å²) in [7, 11) is 0. The Morgan fingerprint density at radius 1 is 1.08 bits per heavy atom. The molecule has 0 aliphatic heterocycles. The van der Waals surface area contributed by atoms with E-state index in [1.807, 2.05) is 49.4 Å². The first kappa shape index (κ1) is 18.8. The molecule has 4 nitrogen and oxygen atoms in total. The number of aryl methyl sites for hydroxylation is 2. The summed E-state index contributed by atoms with van der Waals surface area (Å²) < 4.78 is 11.2. The second-order valence-corrected chi connectivity index (χ2v) is 6.01. The summed E-state index contributed by atoms with van der Waals surface area (Å²) in [6.45, 7) is 5.48. The van der Waals surface area contributed by atoms with Crippen molar-refractivity contribution < 1.29 is 14.3 Å². The third-order valence-corrected chi connectivity index (χ3v) is 3.74. The average Bonchev–Trinajstić information content (AvgIpc) is 2.62. The molecule has 0 saturated carbocycles. The number of carbonyl (C=O) groups is 1. The number of ether oxygens (including phenoxy) is 2. The van der Waals surface area contributed by atoms with Gasteiger partial charge in [0, 0.05) is 6.54 Å². The fourth-order valence-electron chi connectivity index (χ4n) is 2.47. The summed E-state index contributed by atoms with van der Waals surface area (Å²) in [5, 5.41) is 2.90. The van der Waals surface area contributed by atoms with Crippen LogP contribution in [0, 0.1) is 6.92 Å². The summed E-state index contributed by atoms with van der Waals surface area (Å²) >= 11 is 0. The molecule has 2 rings (SSSR count). The van der Waals surface area contributed by atoms with Gasteiger partial charge >= 0.3 is 0 Å². The molecule has 0 radical (unpaired) electrons. The van der Waals surface area contributed by atoms with E-state index in [0.717, 1.165) is 42.9 Å². The van der Waals surface area contributed by atoms with Crippen LogP contribution in [-0.2, 0) is 11.2 Å². The van der Waals surface area contributed by atoms with Gasteiger partial charge in [-0.15, -0.1) is 0 Å². The highest BCUT2D eigenvalue weighted by Crippen LogP contribution is 2.19. The standard InChI is InChI=1S/C21H27NO3/c1-3-14-24-20-12-5-4-9-18(20)10-7-13-22-21(23)16-25-19-11-6-8-17(2)15-19/h4-6,8-9,11-12,15H,3,7,10,13-14,16H2,1-2H3,(H,22,23). The van der Waals surface area contributed by atoms with Crippen LogP contribution in [0.3, 0.4) is 0 Å². The van der Waals surface area contributed by atoms with Gasteiger partial charge < -0.3 is 14.8 Å². The summed E-state index contributed by atoms with van der Waals surface area (Å²) in [5.74, 6) is 1.56. The molecule has 0 aliphatic rings. The summed E-state index contributed by atoms with van der Waals surface area (Å²) in [5.41, 5.74) is 2.29. The van der Waals surface area contributed by atoms with Crippen molar-refractivity contribution in [2.75, 3.05) is 19.8 Å². The Morgan fingerprint density at radius 3 is 2.72 bits per heavy atom.